The lowest BCUT2D eigenvalue weighted by molar-refractivity contribution is 0.740. The van der Waals surface area contributed by atoms with Crippen molar-refractivity contribution in [1.29, 1.82) is 0 Å². The number of hydrogen-bond donors (Lipinski definition) is 0. The Hall–Kier alpha value is -0.260. The molecule has 4 aliphatic carbocycles. The molecule has 52 valence electrons. The van der Waals surface area contributed by atoms with Crippen LogP contribution in [0.3, 0.4) is 0 Å². The average molecular weight is 132 g/mol. The zero-order chi connectivity index (χ0) is 6.40. The lowest BCUT2D eigenvalue weighted by Crippen LogP contribution is -1.73. The predicted octanol–water partition coefficient (Wildman–Crippen LogP) is 2.65. The van der Waals surface area contributed by atoms with Crippen LogP contribution in [0.5, 0.6) is 0 Å². The predicted molar refractivity (Wildman–Crippen MR) is 39.6 cm³/mol. The first kappa shape index (κ1) is 4.58. The van der Waals surface area contributed by atoms with Crippen LogP contribution in [0, 0.1) is 10.8 Å². The van der Waals surface area contributed by atoms with E-state index in [4.69, 9.17) is 0 Å². The molecular weight excluding hydrogens is 120 g/mol. The first-order valence-corrected chi connectivity index (χ1v) is 4.58. The van der Waals surface area contributed by atoms with E-state index < -0.39 is 0 Å². The SMILES string of the molecule is C1CC1=C1C[C@@]12CC21CC1. The van der Waals surface area contributed by atoms with Crippen molar-refractivity contribution in [1.82, 2.24) is 0 Å². The summed E-state index contributed by atoms with van der Waals surface area (Å²) >= 11 is 0. The molecule has 2 spiro atoms. The summed E-state index contributed by atoms with van der Waals surface area (Å²) in [5.41, 5.74) is 5.63. The lowest BCUT2D eigenvalue weighted by atomic mass is 10.2. The Kier molecular flexibility index (Phi) is 0.426. The van der Waals surface area contributed by atoms with Crippen LogP contribution in [0.15, 0.2) is 11.1 Å². The monoisotopic (exact) mass is 132 g/mol. The van der Waals surface area contributed by atoms with Crippen molar-refractivity contribution in [3.8, 4) is 0 Å². The van der Waals surface area contributed by atoms with Crippen molar-refractivity contribution < 1.29 is 0 Å². The summed E-state index contributed by atoms with van der Waals surface area (Å²) in [7, 11) is 0. The maximum atomic E-state index is 1.94. The van der Waals surface area contributed by atoms with Crippen molar-refractivity contribution >= 4 is 0 Å². The summed E-state index contributed by atoms with van der Waals surface area (Å²) in [6.45, 7) is 0. The van der Waals surface area contributed by atoms with Crippen LogP contribution >= 0.6 is 0 Å². The number of hydrogen-bond acceptors (Lipinski definition) is 0. The molecule has 4 aliphatic rings. The molecule has 0 saturated heterocycles. The molecule has 1 atom stereocenters. The van der Waals surface area contributed by atoms with Crippen molar-refractivity contribution in [3.63, 3.8) is 0 Å². The van der Waals surface area contributed by atoms with Crippen LogP contribution in [-0.2, 0) is 0 Å². The van der Waals surface area contributed by atoms with Gasteiger partial charge in [-0.05, 0) is 43.9 Å². The van der Waals surface area contributed by atoms with Gasteiger partial charge >= 0.3 is 0 Å². The van der Waals surface area contributed by atoms with E-state index in [0.717, 1.165) is 10.8 Å². The molecule has 0 radical (unpaired) electrons. The van der Waals surface area contributed by atoms with Gasteiger partial charge in [0, 0.05) is 5.41 Å². The highest BCUT2D eigenvalue weighted by atomic mass is 14.9. The van der Waals surface area contributed by atoms with Crippen LogP contribution in [0.2, 0.25) is 0 Å². The quantitative estimate of drug-likeness (QED) is 0.444. The van der Waals surface area contributed by atoms with Gasteiger partial charge in [0.25, 0.3) is 0 Å². The molecule has 0 bridgehead atoms. The van der Waals surface area contributed by atoms with E-state index in [1.54, 1.807) is 19.3 Å². The Morgan fingerprint density at radius 3 is 2.40 bits per heavy atom. The van der Waals surface area contributed by atoms with E-state index in [-0.39, 0.29) is 0 Å². The molecule has 0 amide bonds. The number of rotatable bonds is 0. The summed E-state index contributed by atoms with van der Waals surface area (Å²) in [6, 6.07) is 0. The van der Waals surface area contributed by atoms with Gasteiger partial charge in [0.15, 0.2) is 0 Å². The van der Waals surface area contributed by atoms with Gasteiger partial charge in [-0.15, -0.1) is 0 Å². The second kappa shape index (κ2) is 0.929. The smallest absolute Gasteiger partial charge is 0.00146 e. The summed E-state index contributed by atoms with van der Waals surface area (Å²) < 4.78 is 0. The molecule has 0 aromatic heterocycles. The first-order chi connectivity index (χ1) is 4.86. The topological polar surface area (TPSA) is 0 Å². The second-order valence-corrected chi connectivity index (χ2v) is 4.80. The Labute approximate surface area is 61.3 Å². The minimum absolute atomic E-state index is 0.888. The second-order valence-electron chi connectivity index (χ2n) is 4.80. The van der Waals surface area contributed by atoms with E-state index in [1.165, 1.54) is 19.3 Å². The van der Waals surface area contributed by atoms with Gasteiger partial charge in [0.05, 0.1) is 0 Å². The highest BCUT2D eigenvalue weighted by molar-refractivity contribution is 5.54. The van der Waals surface area contributed by atoms with E-state index in [9.17, 15) is 0 Å². The molecule has 4 fully saturated rings. The van der Waals surface area contributed by atoms with E-state index in [0.29, 0.717) is 0 Å². The molecule has 0 unspecified atom stereocenters. The zero-order valence-corrected chi connectivity index (χ0v) is 6.24. The standard InChI is InChI=1S/C10H12/c1-2-7(1)8-5-10(8)6-9(10)3-4-9/h1-6H2/t10-/m1/s1. The Morgan fingerprint density at radius 2 is 1.90 bits per heavy atom. The molecule has 0 aromatic rings. The molecule has 10 heavy (non-hydrogen) atoms. The lowest BCUT2D eigenvalue weighted by Gasteiger charge is -1.80. The van der Waals surface area contributed by atoms with Crippen LogP contribution in [0.1, 0.15) is 38.5 Å². The molecule has 0 heterocycles. The normalized spacial score (nSPS) is 50.4. The van der Waals surface area contributed by atoms with Gasteiger partial charge < -0.3 is 0 Å². The van der Waals surface area contributed by atoms with Crippen molar-refractivity contribution in [2.45, 2.75) is 38.5 Å². The van der Waals surface area contributed by atoms with E-state index in [1.807, 2.05) is 11.1 Å². The Morgan fingerprint density at radius 1 is 1.10 bits per heavy atom. The number of fused-ring (bicyclic) bond motifs is 1. The van der Waals surface area contributed by atoms with Crippen LogP contribution < -0.4 is 0 Å². The highest BCUT2D eigenvalue weighted by Gasteiger charge is 2.82. The largest absolute Gasteiger partial charge is 0.0697 e. The summed E-state index contributed by atoms with van der Waals surface area (Å²) in [5.74, 6) is 0. The molecular formula is C10H12. The molecule has 4 saturated carbocycles. The molecule has 0 nitrogen and oxygen atoms in total. The third-order valence-electron chi connectivity index (χ3n) is 4.24. The van der Waals surface area contributed by atoms with Gasteiger partial charge in [-0.1, -0.05) is 11.1 Å². The maximum absolute atomic E-state index is 1.94. The van der Waals surface area contributed by atoms with Crippen molar-refractivity contribution in [3.05, 3.63) is 11.1 Å². The fourth-order valence-electron chi connectivity index (χ4n) is 3.10. The fourth-order valence-corrected chi connectivity index (χ4v) is 3.10. The van der Waals surface area contributed by atoms with Gasteiger partial charge in [-0.3, -0.25) is 0 Å². The van der Waals surface area contributed by atoms with E-state index in [2.05, 4.69) is 0 Å². The highest BCUT2D eigenvalue weighted by Crippen LogP contribution is 2.92. The van der Waals surface area contributed by atoms with Crippen molar-refractivity contribution in [2.24, 2.45) is 10.8 Å². The molecule has 0 aliphatic heterocycles. The summed E-state index contributed by atoms with van der Waals surface area (Å²) in [4.78, 5) is 0. The van der Waals surface area contributed by atoms with Gasteiger partial charge in [0.2, 0.25) is 0 Å². The van der Waals surface area contributed by atoms with Gasteiger partial charge in [-0.25, -0.2) is 0 Å². The average Bonchev–Trinajstić information content (AvgIpc) is 2.76. The molecule has 0 heteroatoms. The number of allylic oxidation sites excluding steroid dienone is 2. The maximum Gasteiger partial charge on any atom is 0.00146 e. The minimum atomic E-state index is 0.888. The van der Waals surface area contributed by atoms with Crippen molar-refractivity contribution in [2.75, 3.05) is 0 Å². The van der Waals surface area contributed by atoms with Crippen LogP contribution in [0.25, 0.3) is 0 Å². The third kappa shape index (κ3) is 0.309. The van der Waals surface area contributed by atoms with Crippen LogP contribution in [-0.4, -0.2) is 0 Å². The Balaban J connectivity index is 1.82. The zero-order valence-electron chi connectivity index (χ0n) is 6.24. The first-order valence-electron chi connectivity index (χ1n) is 4.58. The Bertz CT molecular complexity index is 262. The summed E-state index contributed by atoms with van der Waals surface area (Å²) in [5, 5.41) is 0. The molecule has 4 rings (SSSR count). The van der Waals surface area contributed by atoms with Gasteiger partial charge in [0.1, 0.15) is 0 Å². The third-order valence-corrected chi connectivity index (χ3v) is 4.24. The minimum Gasteiger partial charge on any atom is -0.0697 e. The van der Waals surface area contributed by atoms with E-state index >= 15 is 0 Å². The fraction of sp³-hybridized carbons (Fsp3) is 0.800. The molecule has 0 N–H and O–H groups in total. The van der Waals surface area contributed by atoms with Gasteiger partial charge in [-0.2, -0.15) is 0 Å². The van der Waals surface area contributed by atoms with Crippen LogP contribution in [0.4, 0.5) is 0 Å². The summed E-state index contributed by atoms with van der Waals surface area (Å²) in [6.07, 6.45) is 9.20. The molecule has 0 aromatic carbocycles.